The van der Waals surface area contributed by atoms with E-state index in [-0.39, 0.29) is 6.61 Å². The number of hydrogen-bond acceptors (Lipinski definition) is 4. The smallest absolute Gasteiger partial charge is 0.0589 e. The Kier molecular flexibility index (Phi) is 6.50. The molecule has 5 heteroatoms. The molecule has 4 nitrogen and oxygen atoms in total. The normalized spacial score (nSPS) is 11.1. The number of halogens is 1. The van der Waals surface area contributed by atoms with Crippen molar-refractivity contribution in [3.63, 3.8) is 0 Å². The lowest BCUT2D eigenvalue weighted by atomic mass is 10.1. The number of nitrogen functional groups attached to an aromatic ring is 1. The maximum Gasteiger partial charge on any atom is 0.0589 e. The van der Waals surface area contributed by atoms with Crippen LogP contribution in [0.25, 0.3) is 0 Å². The van der Waals surface area contributed by atoms with Crippen molar-refractivity contribution < 1.29 is 9.84 Å². The lowest BCUT2D eigenvalue weighted by Gasteiger charge is -2.21. The van der Waals surface area contributed by atoms with Crippen LogP contribution in [0.5, 0.6) is 0 Å². The van der Waals surface area contributed by atoms with Gasteiger partial charge in [-0.2, -0.15) is 0 Å². The zero-order valence-corrected chi connectivity index (χ0v) is 11.6. The number of methoxy groups -OCH3 is 1. The van der Waals surface area contributed by atoms with Crippen LogP contribution in [0.3, 0.4) is 0 Å². The summed E-state index contributed by atoms with van der Waals surface area (Å²) >= 11 is 3.38. The maximum atomic E-state index is 9.01. The van der Waals surface area contributed by atoms with Crippen molar-refractivity contribution in [1.29, 1.82) is 0 Å². The summed E-state index contributed by atoms with van der Waals surface area (Å²) in [5.74, 6) is 0. The van der Waals surface area contributed by atoms with Gasteiger partial charge >= 0.3 is 0 Å². The standard InChI is InChI=1S/C12H19BrN2O2/c1-17-7-5-15(4-6-16)9-10-2-3-11(13)8-12(10)14/h2-3,8,16H,4-7,9,14H2,1H3. The molecular weight excluding hydrogens is 284 g/mol. The van der Waals surface area contributed by atoms with E-state index in [1.807, 2.05) is 18.2 Å². The molecule has 3 N–H and O–H groups in total. The Morgan fingerprint density at radius 3 is 2.76 bits per heavy atom. The average molecular weight is 303 g/mol. The zero-order valence-electron chi connectivity index (χ0n) is 10.0. The quantitative estimate of drug-likeness (QED) is 0.749. The van der Waals surface area contributed by atoms with Crippen molar-refractivity contribution in [2.45, 2.75) is 6.54 Å². The topological polar surface area (TPSA) is 58.7 Å². The summed E-state index contributed by atoms with van der Waals surface area (Å²) in [5, 5.41) is 9.01. The minimum Gasteiger partial charge on any atom is -0.398 e. The molecule has 96 valence electrons. The van der Waals surface area contributed by atoms with E-state index in [1.165, 1.54) is 0 Å². The summed E-state index contributed by atoms with van der Waals surface area (Å²) in [6.07, 6.45) is 0. The molecule has 17 heavy (non-hydrogen) atoms. The van der Waals surface area contributed by atoms with Gasteiger partial charge in [-0.05, 0) is 17.7 Å². The van der Waals surface area contributed by atoms with Crippen LogP contribution in [0.4, 0.5) is 5.69 Å². The first-order chi connectivity index (χ1) is 8.17. The van der Waals surface area contributed by atoms with Crippen LogP contribution in [0.15, 0.2) is 22.7 Å². The molecule has 0 amide bonds. The Morgan fingerprint density at radius 2 is 2.18 bits per heavy atom. The van der Waals surface area contributed by atoms with Gasteiger partial charge in [-0.3, -0.25) is 4.90 Å². The SMILES string of the molecule is COCCN(CCO)Cc1ccc(Br)cc1N. The molecule has 0 unspecified atom stereocenters. The Bertz CT molecular complexity index is 347. The van der Waals surface area contributed by atoms with Crippen LogP contribution in [0.1, 0.15) is 5.56 Å². The van der Waals surface area contributed by atoms with Crippen molar-refractivity contribution in [3.8, 4) is 0 Å². The highest BCUT2D eigenvalue weighted by Crippen LogP contribution is 2.19. The Morgan fingerprint density at radius 1 is 1.41 bits per heavy atom. The van der Waals surface area contributed by atoms with Gasteiger partial charge in [0.2, 0.25) is 0 Å². The molecule has 0 radical (unpaired) electrons. The molecule has 0 fully saturated rings. The van der Waals surface area contributed by atoms with Gasteiger partial charge in [0, 0.05) is 36.9 Å². The molecule has 0 spiro atoms. The van der Waals surface area contributed by atoms with Crippen LogP contribution >= 0.6 is 15.9 Å². The number of nitrogens with zero attached hydrogens (tertiary/aromatic N) is 1. The summed E-state index contributed by atoms with van der Waals surface area (Å²) < 4.78 is 6.02. The second kappa shape index (κ2) is 7.66. The van der Waals surface area contributed by atoms with E-state index in [0.717, 1.165) is 28.8 Å². The van der Waals surface area contributed by atoms with Crippen LogP contribution in [0.2, 0.25) is 0 Å². The van der Waals surface area contributed by atoms with Crippen molar-refractivity contribution in [2.24, 2.45) is 0 Å². The average Bonchev–Trinajstić information content (AvgIpc) is 2.29. The van der Waals surface area contributed by atoms with Gasteiger partial charge < -0.3 is 15.6 Å². The van der Waals surface area contributed by atoms with Gasteiger partial charge in [-0.25, -0.2) is 0 Å². The maximum absolute atomic E-state index is 9.01. The molecule has 0 aliphatic heterocycles. The van der Waals surface area contributed by atoms with Crippen LogP contribution < -0.4 is 5.73 Å². The van der Waals surface area contributed by atoms with E-state index in [0.29, 0.717) is 13.2 Å². The number of hydrogen-bond donors (Lipinski definition) is 2. The van der Waals surface area contributed by atoms with E-state index in [2.05, 4.69) is 20.8 Å². The number of nitrogens with two attached hydrogens (primary N) is 1. The highest BCUT2D eigenvalue weighted by atomic mass is 79.9. The van der Waals surface area contributed by atoms with Crippen LogP contribution in [-0.4, -0.2) is 43.4 Å². The highest BCUT2D eigenvalue weighted by molar-refractivity contribution is 9.10. The second-order valence-electron chi connectivity index (χ2n) is 3.84. The number of anilines is 1. The molecule has 1 rings (SSSR count). The van der Waals surface area contributed by atoms with E-state index in [1.54, 1.807) is 7.11 Å². The highest BCUT2D eigenvalue weighted by Gasteiger charge is 2.07. The summed E-state index contributed by atoms with van der Waals surface area (Å²) in [5.41, 5.74) is 7.78. The summed E-state index contributed by atoms with van der Waals surface area (Å²) in [6, 6.07) is 5.86. The lowest BCUT2D eigenvalue weighted by Crippen LogP contribution is -2.30. The third kappa shape index (κ3) is 5.04. The third-order valence-corrected chi connectivity index (χ3v) is 3.02. The fraction of sp³-hybridized carbons (Fsp3) is 0.500. The van der Waals surface area contributed by atoms with E-state index < -0.39 is 0 Å². The van der Waals surface area contributed by atoms with Crippen molar-refractivity contribution in [3.05, 3.63) is 28.2 Å². The van der Waals surface area contributed by atoms with Crippen molar-refractivity contribution in [1.82, 2.24) is 4.90 Å². The van der Waals surface area contributed by atoms with Gasteiger partial charge in [0.1, 0.15) is 0 Å². The second-order valence-corrected chi connectivity index (χ2v) is 4.75. The Labute approximate surface area is 110 Å². The predicted octanol–water partition coefficient (Wildman–Crippen LogP) is 1.47. The van der Waals surface area contributed by atoms with E-state index in [4.69, 9.17) is 15.6 Å². The number of ether oxygens (including phenoxy) is 1. The van der Waals surface area contributed by atoms with Gasteiger partial charge in [0.15, 0.2) is 0 Å². The van der Waals surface area contributed by atoms with Gasteiger partial charge in [0.25, 0.3) is 0 Å². The summed E-state index contributed by atoms with van der Waals surface area (Å²) in [6.45, 7) is 2.92. The minimum absolute atomic E-state index is 0.139. The Hall–Kier alpha value is -0.620. The molecule has 0 heterocycles. The fourth-order valence-electron chi connectivity index (χ4n) is 1.58. The monoisotopic (exact) mass is 302 g/mol. The third-order valence-electron chi connectivity index (χ3n) is 2.53. The molecule has 0 saturated heterocycles. The predicted molar refractivity (Wildman–Crippen MR) is 72.8 cm³/mol. The molecule has 0 bridgehead atoms. The van der Waals surface area contributed by atoms with Gasteiger partial charge in [-0.1, -0.05) is 22.0 Å². The van der Waals surface area contributed by atoms with Gasteiger partial charge in [-0.15, -0.1) is 0 Å². The van der Waals surface area contributed by atoms with Crippen molar-refractivity contribution in [2.75, 3.05) is 39.1 Å². The molecule has 0 atom stereocenters. The van der Waals surface area contributed by atoms with Crippen LogP contribution in [-0.2, 0) is 11.3 Å². The first kappa shape index (κ1) is 14.4. The molecular formula is C12H19BrN2O2. The minimum atomic E-state index is 0.139. The molecule has 1 aromatic rings. The van der Waals surface area contributed by atoms with Crippen LogP contribution in [0, 0.1) is 0 Å². The zero-order chi connectivity index (χ0) is 12.7. The van der Waals surface area contributed by atoms with Crippen molar-refractivity contribution >= 4 is 21.6 Å². The summed E-state index contributed by atoms with van der Waals surface area (Å²) in [4.78, 5) is 2.11. The lowest BCUT2D eigenvalue weighted by molar-refractivity contribution is 0.127. The first-order valence-corrected chi connectivity index (χ1v) is 6.32. The summed E-state index contributed by atoms with van der Waals surface area (Å²) in [7, 11) is 1.67. The molecule has 0 aliphatic rings. The Balaban J connectivity index is 2.64. The first-order valence-electron chi connectivity index (χ1n) is 5.53. The molecule has 0 aromatic heterocycles. The van der Waals surface area contributed by atoms with E-state index in [9.17, 15) is 0 Å². The number of rotatable bonds is 7. The van der Waals surface area contributed by atoms with E-state index >= 15 is 0 Å². The number of aliphatic hydroxyl groups is 1. The molecule has 1 aromatic carbocycles. The van der Waals surface area contributed by atoms with Gasteiger partial charge in [0.05, 0.1) is 13.2 Å². The molecule has 0 aliphatic carbocycles. The number of aliphatic hydroxyl groups excluding tert-OH is 1. The number of benzene rings is 1. The molecule has 0 saturated carbocycles. The fourth-order valence-corrected chi connectivity index (χ4v) is 1.96. The largest absolute Gasteiger partial charge is 0.398 e.